The van der Waals surface area contributed by atoms with Crippen LogP contribution in [0.25, 0.3) is 66.8 Å². The number of amides is 2. The van der Waals surface area contributed by atoms with Crippen molar-refractivity contribution >= 4 is 57.3 Å². The molecule has 2 aliphatic heterocycles. The Morgan fingerprint density at radius 3 is 1.97 bits per heavy atom. The van der Waals surface area contributed by atoms with Crippen LogP contribution in [0.2, 0.25) is 0 Å². The van der Waals surface area contributed by atoms with Crippen molar-refractivity contribution in [2.24, 2.45) is 4.99 Å². The number of nitrogens with zero attached hydrogens (tertiary/aromatic N) is 2. The number of nitrogens with one attached hydrogen (secondary N) is 2. The third-order valence-electron chi connectivity index (χ3n) is 11.0. The first-order valence-electron chi connectivity index (χ1n) is 20.6. The molecule has 0 unspecified atom stereocenters. The Hall–Kier alpha value is -9.23. The number of aromatic hydroxyl groups is 1. The van der Waals surface area contributed by atoms with E-state index in [1.807, 2.05) is 56.3 Å². The minimum atomic E-state index is -1.41. The number of phenolic OH excluding ortho intramolecular Hbond substituents is 1. The molecule has 334 valence electrons. The molecule has 0 spiro atoms. The summed E-state index contributed by atoms with van der Waals surface area (Å²) in [4.78, 5) is 82.1. The second kappa shape index (κ2) is 18.1. The number of phenols is 1. The average Bonchev–Trinajstić information content (AvgIpc) is 3.30. The molecule has 0 radical (unpaired) electrons. The second-order valence-electron chi connectivity index (χ2n) is 15.4. The van der Waals surface area contributed by atoms with Crippen molar-refractivity contribution in [3.05, 3.63) is 147 Å². The first kappa shape index (κ1) is 44.4. The van der Waals surface area contributed by atoms with E-state index in [1.54, 1.807) is 12.1 Å². The van der Waals surface area contributed by atoms with Gasteiger partial charge < -0.3 is 44.8 Å². The summed E-state index contributed by atoms with van der Waals surface area (Å²) in [6.07, 6.45) is 0. The van der Waals surface area contributed by atoms with Gasteiger partial charge in [-0.15, -0.1) is 0 Å². The van der Waals surface area contributed by atoms with Gasteiger partial charge in [-0.05, 0) is 96.8 Å². The van der Waals surface area contributed by atoms with Crippen LogP contribution in [0.4, 0.5) is 5.69 Å². The van der Waals surface area contributed by atoms with Gasteiger partial charge in [0, 0.05) is 83.1 Å². The maximum atomic E-state index is 13.3. The molecule has 6 N–H and O–H groups in total. The lowest BCUT2D eigenvalue weighted by Gasteiger charge is -2.19. The number of anilines is 1. The summed E-state index contributed by atoms with van der Waals surface area (Å²) in [7, 11) is 3.79. The Morgan fingerprint density at radius 2 is 1.30 bits per heavy atom. The summed E-state index contributed by atoms with van der Waals surface area (Å²) in [5, 5.41) is 47.8. The summed E-state index contributed by atoms with van der Waals surface area (Å²) in [6, 6.07) is 25.7. The molecule has 2 amide bonds. The number of aromatic carboxylic acids is 3. The van der Waals surface area contributed by atoms with E-state index in [0.29, 0.717) is 50.9 Å². The van der Waals surface area contributed by atoms with E-state index in [2.05, 4.69) is 27.5 Å². The van der Waals surface area contributed by atoms with E-state index in [1.165, 1.54) is 54.6 Å². The molecule has 16 nitrogen and oxygen atoms in total. The number of carbonyl (C=O) groups excluding carboxylic acids is 2. The maximum Gasteiger partial charge on any atom is 0.336 e. The fraction of sp³-hybridized carbons (Fsp3) is 0.118. The van der Waals surface area contributed by atoms with E-state index < -0.39 is 35.2 Å². The Balaban J connectivity index is 1.04. The number of benzene rings is 6. The van der Waals surface area contributed by atoms with Crippen molar-refractivity contribution in [3.8, 4) is 62.5 Å². The third kappa shape index (κ3) is 8.72. The number of carboxylic acid groups (broad SMARTS) is 3. The van der Waals surface area contributed by atoms with Gasteiger partial charge in [0.25, 0.3) is 11.8 Å². The molecule has 0 aromatic heterocycles. The zero-order valence-corrected chi connectivity index (χ0v) is 35.9. The fourth-order valence-corrected chi connectivity index (χ4v) is 7.87. The highest BCUT2D eigenvalue weighted by molar-refractivity contribution is 6.11. The van der Waals surface area contributed by atoms with Crippen molar-refractivity contribution in [1.82, 2.24) is 10.6 Å². The van der Waals surface area contributed by atoms with E-state index in [4.69, 9.17) is 8.83 Å². The monoisotopic (exact) mass is 898 g/mol. The quantitative estimate of drug-likeness (QED) is 0.0571. The summed E-state index contributed by atoms with van der Waals surface area (Å²) in [5.74, 6) is -0.359. The summed E-state index contributed by atoms with van der Waals surface area (Å²) < 4.78 is 12.4. The second-order valence-corrected chi connectivity index (χ2v) is 15.4. The molecule has 0 fully saturated rings. The molecule has 0 saturated carbocycles. The highest BCUT2D eigenvalue weighted by Gasteiger charge is 2.26. The molecular formula is C51H38N4O12. The number of carbonyl (C=O) groups is 5. The van der Waals surface area contributed by atoms with Crippen LogP contribution < -0.4 is 26.3 Å². The zero-order valence-electron chi connectivity index (χ0n) is 35.9. The van der Waals surface area contributed by atoms with Crippen LogP contribution in [0.5, 0.6) is 5.75 Å². The zero-order chi connectivity index (χ0) is 47.7. The SMILES string of the molecule is CCN=c1ccc2c(-c3ccc(C(=O)NCC#CC(=O)NCc4c(O)ccc5c(-c6ccc(C(=O)O)cc6C(=O)O)c6ccc(=O)cc-6oc45)cc3C(=O)O)c3ccc(N(C)C)cc3oc-2c1. The van der Waals surface area contributed by atoms with Gasteiger partial charge in [0.2, 0.25) is 0 Å². The number of rotatable bonds is 11. The maximum absolute atomic E-state index is 13.3. The highest BCUT2D eigenvalue weighted by atomic mass is 16.4. The van der Waals surface area contributed by atoms with Crippen LogP contribution >= 0.6 is 0 Å². The summed E-state index contributed by atoms with van der Waals surface area (Å²) in [5.41, 5.74) is 2.61. The topological polar surface area (TPSA) is 249 Å². The van der Waals surface area contributed by atoms with Crippen LogP contribution in [0.15, 0.2) is 122 Å². The van der Waals surface area contributed by atoms with Gasteiger partial charge in [-0.1, -0.05) is 18.1 Å². The predicted octanol–water partition coefficient (Wildman–Crippen LogP) is 6.92. The van der Waals surface area contributed by atoms with Crippen LogP contribution in [0.1, 0.15) is 53.9 Å². The normalized spacial score (nSPS) is 11.4. The lowest BCUT2D eigenvalue weighted by molar-refractivity contribution is -0.115. The lowest BCUT2D eigenvalue weighted by atomic mass is 9.89. The van der Waals surface area contributed by atoms with Crippen LogP contribution in [0.3, 0.4) is 0 Å². The largest absolute Gasteiger partial charge is 0.507 e. The third-order valence-corrected chi connectivity index (χ3v) is 11.0. The van der Waals surface area contributed by atoms with Gasteiger partial charge in [0.1, 0.15) is 28.4 Å². The Morgan fingerprint density at radius 1 is 0.672 bits per heavy atom. The van der Waals surface area contributed by atoms with Crippen molar-refractivity contribution < 1.29 is 53.2 Å². The first-order chi connectivity index (χ1) is 32.1. The highest BCUT2D eigenvalue weighted by Crippen LogP contribution is 2.45. The van der Waals surface area contributed by atoms with E-state index in [-0.39, 0.29) is 74.5 Å². The van der Waals surface area contributed by atoms with Crippen molar-refractivity contribution in [2.45, 2.75) is 13.5 Å². The van der Waals surface area contributed by atoms with Gasteiger partial charge in [-0.2, -0.15) is 0 Å². The molecular weight excluding hydrogens is 861 g/mol. The molecule has 16 heteroatoms. The molecule has 2 aliphatic carbocycles. The van der Waals surface area contributed by atoms with Gasteiger partial charge in [0.05, 0.1) is 40.7 Å². The molecule has 8 rings (SSSR count). The fourth-order valence-electron chi connectivity index (χ4n) is 7.87. The number of carboxylic acids is 3. The average molecular weight is 899 g/mol. The molecule has 4 aliphatic rings. The number of hydrogen-bond acceptors (Lipinski definition) is 11. The molecule has 2 heterocycles. The van der Waals surface area contributed by atoms with E-state index >= 15 is 0 Å². The Bertz CT molecular complexity index is 3520. The van der Waals surface area contributed by atoms with Crippen molar-refractivity contribution in [1.29, 1.82) is 0 Å². The van der Waals surface area contributed by atoms with Crippen LogP contribution in [-0.4, -0.2) is 77.3 Å². The van der Waals surface area contributed by atoms with Gasteiger partial charge in [0.15, 0.2) is 5.43 Å². The molecule has 67 heavy (non-hydrogen) atoms. The Kier molecular flexibility index (Phi) is 12.0. The smallest absolute Gasteiger partial charge is 0.336 e. The molecule has 0 saturated heterocycles. The summed E-state index contributed by atoms with van der Waals surface area (Å²) in [6.45, 7) is 1.81. The number of hydrogen-bond donors (Lipinski definition) is 6. The van der Waals surface area contributed by atoms with E-state index in [0.717, 1.165) is 11.8 Å². The predicted molar refractivity (Wildman–Crippen MR) is 248 cm³/mol. The van der Waals surface area contributed by atoms with Gasteiger partial charge >= 0.3 is 17.9 Å². The minimum absolute atomic E-state index is 0.00168. The van der Waals surface area contributed by atoms with Crippen LogP contribution in [0, 0.1) is 11.8 Å². The summed E-state index contributed by atoms with van der Waals surface area (Å²) >= 11 is 0. The van der Waals surface area contributed by atoms with Gasteiger partial charge in [-0.3, -0.25) is 19.4 Å². The molecule has 4 aromatic carbocycles. The van der Waals surface area contributed by atoms with Gasteiger partial charge in [-0.25, -0.2) is 14.4 Å². The van der Waals surface area contributed by atoms with Crippen molar-refractivity contribution in [3.63, 3.8) is 0 Å². The van der Waals surface area contributed by atoms with E-state index in [9.17, 15) is 49.2 Å². The number of fused-ring (bicyclic) bond motifs is 4. The lowest BCUT2D eigenvalue weighted by Crippen LogP contribution is -2.25. The molecule has 4 aromatic rings. The minimum Gasteiger partial charge on any atom is -0.507 e. The first-order valence-corrected chi connectivity index (χ1v) is 20.6. The van der Waals surface area contributed by atoms with Crippen molar-refractivity contribution in [2.75, 3.05) is 32.1 Å². The standard InChI is InChI=1S/C51H38N4O12/c1-4-52-28-9-14-33-41(22-28)66-42-23-29(55(2)3)10-15-34(42)45(33)31-12-7-26(20-37(31)50(62)63)48(59)53-19-5-6-44(58)54-25-39-40(57)18-17-36-46(35-16-11-30(56)24-43(35)67-47(36)39)32-13-8-27(49(60)61)21-38(32)51(64)65/h7-18,20-24,57H,4,19,25H2,1-3H3,(H,53,59)(H,54,58)(H,60,61)(H,62,63)(H,64,65). The Labute approximate surface area is 379 Å². The van der Waals surface area contributed by atoms with Crippen LogP contribution in [-0.2, 0) is 11.3 Å². The molecule has 0 bridgehead atoms. The molecule has 0 atom stereocenters.